The minimum absolute atomic E-state index is 0.829. The van der Waals surface area contributed by atoms with Gasteiger partial charge in [0.25, 0.3) is 0 Å². The van der Waals surface area contributed by atoms with Gasteiger partial charge in [-0.1, -0.05) is 29.3 Å². The molecule has 4 rings (SSSR count). The Morgan fingerprint density at radius 3 is 2.59 bits per heavy atom. The molecular formula is C18H14N3S+. The van der Waals surface area contributed by atoms with Crippen LogP contribution in [0.3, 0.4) is 0 Å². The van der Waals surface area contributed by atoms with Gasteiger partial charge in [0, 0.05) is 4.88 Å². The summed E-state index contributed by atoms with van der Waals surface area (Å²) >= 11 is 1.74. The van der Waals surface area contributed by atoms with E-state index in [2.05, 4.69) is 51.8 Å². The summed E-state index contributed by atoms with van der Waals surface area (Å²) in [5.41, 5.74) is 3.19. The van der Waals surface area contributed by atoms with Crippen molar-refractivity contribution in [3.05, 3.63) is 76.7 Å². The molecule has 1 N–H and O–H groups in total. The fourth-order valence-electron chi connectivity index (χ4n) is 2.32. The molecule has 0 atom stereocenters. The Balaban J connectivity index is 1.61. The Bertz CT molecular complexity index is 886. The number of rotatable bonds is 3. The summed E-state index contributed by atoms with van der Waals surface area (Å²) in [5, 5.41) is 2.08. The van der Waals surface area contributed by atoms with E-state index >= 15 is 0 Å². The topological polar surface area (TPSA) is 32.6 Å². The molecule has 3 nitrogen and oxygen atoms in total. The number of benzene rings is 1. The predicted molar refractivity (Wildman–Crippen MR) is 90.9 cm³/mol. The molecule has 22 heavy (non-hydrogen) atoms. The van der Waals surface area contributed by atoms with E-state index in [0.717, 1.165) is 17.0 Å². The van der Waals surface area contributed by atoms with Gasteiger partial charge < -0.3 is 0 Å². The van der Waals surface area contributed by atoms with Gasteiger partial charge in [-0.2, -0.15) is 0 Å². The number of nitrogens with one attached hydrogen (secondary N) is 1. The van der Waals surface area contributed by atoms with E-state index in [9.17, 15) is 0 Å². The number of hydrogen-bond acceptors (Lipinski definition) is 2. The van der Waals surface area contributed by atoms with Crippen LogP contribution in [0.25, 0.3) is 29.1 Å². The number of imidazole rings is 1. The van der Waals surface area contributed by atoms with Crippen LogP contribution in [0.2, 0.25) is 0 Å². The van der Waals surface area contributed by atoms with E-state index in [1.54, 1.807) is 11.3 Å². The van der Waals surface area contributed by atoms with E-state index in [4.69, 9.17) is 0 Å². The molecule has 106 valence electrons. The predicted octanol–water partition coefficient (Wildman–Crippen LogP) is 4.07. The first kappa shape index (κ1) is 13.0. The Morgan fingerprint density at radius 1 is 0.955 bits per heavy atom. The van der Waals surface area contributed by atoms with Crippen molar-refractivity contribution in [1.29, 1.82) is 0 Å². The van der Waals surface area contributed by atoms with Crippen molar-refractivity contribution in [3.8, 4) is 5.95 Å². The zero-order valence-electron chi connectivity index (χ0n) is 11.8. The fraction of sp³-hybridized carbons (Fsp3) is 0. The SMILES string of the molecule is C(=C\c1cccs1)/c1cc[n+](-c2nc3ccccc3[nH]2)cc1. The molecule has 3 heterocycles. The number of nitrogens with zero attached hydrogens (tertiary/aromatic N) is 2. The normalized spacial score (nSPS) is 11.5. The third-order valence-electron chi connectivity index (χ3n) is 3.46. The van der Waals surface area contributed by atoms with Gasteiger partial charge >= 0.3 is 5.95 Å². The average Bonchev–Trinajstić information content (AvgIpc) is 3.22. The van der Waals surface area contributed by atoms with Gasteiger partial charge in [0.15, 0.2) is 5.52 Å². The number of aromatic nitrogens is 3. The highest BCUT2D eigenvalue weighted by atomic mass is 32.1. The highest BCUT2D eigenvalue weighted by Crippen LogP contribution is 2.13. The second-order valence-corrected chi connectivity index (χ2v) is 5.94. The van der Waals surface area contributed by atoms with E-state index in [0.29, 0.717) is 0 Å². The maximum atomic E-state index is 4.59. The molecule has 0 fully saturated rings. The second kappa shape index (κ2) is 5.58. The Labute approximate surface area is 132 Å². The van der Waals surface area contributed by atoms with Crippen molar-refractivity contribution in [2.45, 2.75) is 0 Å². The summed E-state index contributed by atoms with van der Waals surface area (Å²) in [6.45, 7) is 0. The average molecular weight is 304 g/mol. The lowest BCUT2D eigenvalue weighted by atomic mass is 10.2. The van der Waals surface area contributed by atoms with Crippen molar-refractivity contribution in [2.24, 2.45) is 0 Å². The summed E-state index contributed by atoms with van der Waals surface area (Å²) in [5.74, 6) is 0.829. The van der Waals surface area contributed by atoms with Gasteiger partial charge in [-0.05, 0) is 47.4 Å². The first-order chi connectivity index (χ1) is 10.9. The molecule has 0 radical (unpaired) electrons. The summed E-state index contributed by atoms with van der Waals surface area (Å²) in [4.78, 5) is 9.17. The molecular weight excluding hydrogens is 290 g/mol. The van der Waals surface area contributed by atoms with Crippen LogP contribution in [0, 0.1) is 0 Å². The minimum atomic E-state index is 0.829. The third kappa shape index (κ3) is 2.56. The van der Waals surface area contributed by atoms with Gasteiger partial charge in [0.2, 0.25) is 0 Å². The van der Waals surface area contributed by atoms with E-state index in [1.165, 1.54) is 10.4 Å². The molecule has 3 aromatic heterocycles. The second-order valence-electron chi connectivity index (χ2n) is 4.97. The van der Waals surface area contributed by atoms with Gasteiger partial charge in [0.05, 0.1) is 12.4 Å². The zero-order chi connectivity index (χ0) is 14.8. The zero-order valence-corrected chi connectivity index (χ0v) is 12.6. The number of thiophene rings is 1. The quantitative estimate of drug-likeness (QED) is 0.569. The molecule has 4 aromatic rings. The fourth-order valence-corrected chi connectivity index (χ4v) is 2.93. The first-order valence-electron chi connectivity index (χ1n) is 7.06. The van der Waals surface area contributed by atoms with Crippen LogP contribution >= 0.6 is 11.3 Å². The lowest BCUT2D eigenvalue weighted by molar-refractivity contribution is -0.603. The van der Waals surface area contributed by atoms with Gasteiger partial charge in [-0.15, -0.1) is 11.3 Å². The molecule has 0 saturated heterocycles. The summed E-state index contributed by atoms with van der Waals surface area (Å²) < 4.78 is 1.99. The molecule has 0 bridgehead atoms. The summed E-state index contributed by atoms with van der Waals surface area (Å²) in [6, 6.07) is 16.4. The van der Waals surface area contributed by atoms with E-state index < -0.39 is 0 Å². The third-order valence-corrected chi connectivity index (χ3v) is 4.30. The van der Waals surface area contributed by atoms with Gasteiger partial charge in [0.1, 0.15) is 5.52 Å². The Kier molecular flexibility index (Phi) is 3.29. The number of fused-ring (bicyclic) bond motifs is 1. The monoisotopic (exact) mass is 304 g/mol. The van der Waals surface area contributed by atoms with E-state index in [-0.39, 0.29) is 0 Å². The summed E-state index contributed by atoms with van der Waals surface area (Å²) in [6.07, 6.45) is 8.29. The largest absolute Gasteiger partial charge is 0.401 e. The van der Waals surface area contributed by atoms with Crippen molar-refractivity contribution in [3.63, 3.8) is 0 Å². The highest BCUT2D eigenvalue weighted by molar-refractivity contribution is 7.10. The summed E-state index contributed by atoms with van der Waals surface area (Å²) in [7, 11) is 0. The minimum Gasteiger partial charge on any atom is -0.238 e. The number of pyridine rings is 1. The maximum absolute atomic E-state index is 4.59. The van der Waals surface area contributed by atoms with Crippen molar-refractivity contribution < 1.29 is 4.57 Å². The Hall–Kier alpha value is -2.72. The smallest absolute Gasteiger partial charge is 0.238 e. The van der Waals surface area contributed by atoms with E-state index in [1.807, 2.05) is 41.2 Å². The molecule has 0 amide bonds. The molecule has 0 saturated carbocycles. The van der Waals surface area contributed by atoms with Crippen LogP contribution < -0.4 is 4.57 Å². The molecule has 4 heteroatoms. The number of aromatic amines is 1. The standard InChI is InChI=1S/C18H14N3S/c1-2-6-17-16(5-1)19-18(20-17)21-11-9-14(10-12-21)7-8-15-4-3-13-22-15/h1-13H,(H,19,20)/q+1/b8-7+. The molecule has 0 aliphatic rings. The maximum Gasteiger partial charge on any atom is 0.401 e. The van der Waals surface area contributed by atoms with Crippen LogP contribution in [-0.2, 0) is 0 Å². The van der Waals surface area contributed by atoms with Crippen LogP contribution in [0.5, 0.6) is 0 Å². The van der Waals surface area contributed by atoms with Crippen molar-refractivity contribution in [2.75, 3.05) is 0 Å². The van der Waals surface area contributed by atoms with Crippen LogP contribution in [0.1, 0.15) is 10.4 Å². The molecule has 0 spiro atoms. The van der Waals surface area contributed by atoms with Gasteiger partial charge in [-0.3, -0.25) is 0 Å². The Morgan fingerprint density at radius 2 is 1.82 bits per heavy atom. The number of hydrogen-bond donors (Lipinski definition) is 1. The van der Waals surface area contributed by atoms with Gasteiger partial charge in [-0.25, -0.2) is 9.55 Å². The van der Waals surface area contributed by atoms with Crippen LogP contribution in [0.15, 0.2) is 66.3 Å². The van der Waals surface area contributed by atoms with Crippen molar-refractivity contribution >= 4 is 34.5 Å². The molecule has 0 aliphatic carbocycles. The van der Waals surface area contributed by atoms with Crippen molar-refractivity contribution in [1.82, 2.24) is 9.97 Å². The molecule has 0 aliphatic heterocycles. The first-order valence-corrected chi connectivity index (χ1v) is 7.94. The number of para-hydroxylation sites is 2. The highest BCUT2D eigenvalue weighted by Gasteiger charge is 2.12. The molecule has 1 aromatic carbocycles. The van der Waals surface area contributed by atoms with Crippen LogP contribution in [0.4, 0.5) is 0 Å². The molecule has 0 unspecified atom stereocenters. The number of H-pyrrole nitrogens is 1. The van der Waals surface area contributed by atoms with Crippen LogP contribution in [-0.4, -0.2) is 9.97 Å². The lowest BCUT2D eigenvalue weighted by Gasteiger charge is -1.95. The lowest BCUT2D eigenvalue weighted by Crippen LogP contribution is -2.30.